The van der Waals surface area contributed by atoms with E-state index >= 15 is 0 Å². The largest absolute Gasteiger partial charge is 0.464 e. The maximum Gasteiger partial charge on any atom is 0.339 e. The smallest absolute Gasteiger partial charge is 0.339 e. The van der Waals surface area contributed by atoms with E-state index in [-0.39, 0.29) is 0 Å². The molecule has 0 heterocycles. The lowest BCUT2D eigenvalue weighted by molar-refractivity contribution is -0.154. The summed E-state index contributed by atoms with van der Waals surface area (Å²) < 4.78 is 5.05. The van der Waals surface area contributed by atoms with E-state index in [1.165, 1.54) is 19.3 Å². The molecular weight excluding hydrogens is 228 g/mol. The Morgan fingerprint density at radius 3 is 2.50 bits per heavy atom. The molecule has 100 valence electrons. The van der Waals surface area contributed by atoms with Gasteiger partial charge in [-0.15, -0.1) is 0 Å². The lowest BCUT2D eigenvalue weighted by Crippen LogP contribution is -2.16. The predicted molar refractivity (Wildman–Crippen MR) is 71.1 cm³/mol. The quantitative estimate of drug-likeness (QED) is 0.569. The van der Waals surface area contributed by atoms with Crippen molar-refractivity contribution >= 4 is 5.97 Å². The van der Waals surface area contributed by atoms with Crippen molar-refractivity contribution in [2.24, 2.45) is 0 Å². The summed E-state index contributed by atoms with van der Waals surface area (Å²) in [7, 11) is 0. The molecule has 0 saturated carbocycles. The molecule has 0 aromatic heterocycles. The number of ether oxygens (including phenoxy) is 1. The van der Waals surface area contributed by atoms with Crippen molar-refractivity contribution in [3.8, 4) is 0 Å². The van der Waals surface area contributed by atoms with Gasteiger partial charge in [0.2, 0.25) is 0 Å². The first-order valence-electron chi connectivity index (χ1n) is 6.65. The number of aliphatic hydroxyl groups is 1. The highest BCUT2D eigenvalue weighted by Gasteiger charge is 2.17. The van der Waals surface area contributed by atoms with Gasteiger partial charge in [0.1, 0.15) is 0 Å². The molecule has 0 saturated heterocycles. The van der Waals surface area contributed by atoms with Gasteiger partial charge < -0.3 is 9.84 Å². The fourth-order valence-corrected chi connectivity index (χ4v) is 1.73. The highest BCUT2D eigenvalue weighted by molar-refractivity contribution is 5.76. The SMILES string of the molecule is CCCCCCCOC(=O)C(O)c1ccccc1. The van der Waals surface area contributed by atoms with Crippen LogP contribution in [0.5, 0.6) is 0 Å². The number of aliphatic hydroxyl groups excluding tert-OH is 1. The van der Waals surface area contributed by atoms with Crippen LogP contribution in [0.25, 0.3) is 0 Å². The molecular formula is C15H22O3. The second kappa shape index (κ2) is 8.70. The number of unbranched alkanes of at least 4 members (excludes halogenated alkanes) is 4. The number of rotatable bonds is 8. The van der Waals surface area contributed by atoms with Crippen LogP contribution in [0.4, 0.5) is 0 Å². The Morgan fingerprint density at radius 2 is 1.83 bits per heavy atom. The number of carbonyl (C=O) groups is 1. The first-order valence-corrected chi connectivity index (χ1v) is 6.65. The first-order chi connectivity index (χ1) is 8.75. The Kier molecular flexibility index (Phi) is 7.11. The van der Waals surface area contributed by atoms with Gasteiger partial charge >= 0.3 is 5.97 Å². The van der Waals surface area contributed by atoms with Gasteiger partial charge in [-0.2, -0.15) is 0 Å². The van der Waals surface area contributed by atoms with Crippen LogP contribution in [0.2, 0.25) is 0 Å². The highest BCUT2D eigenvalue weighted by atomic mass is 16.5. The fourth-order valence-electron chi connectivity index (χ4n) is 1.73. The minimum absolute atomic E-state index is 0.395. The Labute approximate surface area is 109 Å². The van der Waals surface area contributed by atoms with Crippen LogP contribution in [0.15, 0.2) is 30.3 Å². The van der Waals surface area contributed by atoms with E-state index in [0.717, 1.165) is 12.8 Å². The van der Waals surface area contributed by atoms with E-state index in [0.29, 0.717) is 12.2 Å². The molecule has 0 aliphatic carbocycles. The average molecular weight is 250 g/mol. The molecule has 0 amide bonds. The Bertz CT molecular complexity index is 335. The van der Waals surface area contributed by atoms with Gasteiger partial charge in [-0.3, -0.25) is 0 Å². The molecule has 1 aromatic rings. The summed E-state index contributed by atoms with van der Waals surface area (Å²) in [4.78, 5) is 11.6. The van der Waals surface area contributed by atoms with E-state index in [1.54, 1.807) is 24.3 Å². The minimum Gasteiger partial charge on any atom is -0.464 e. The Morgan fingerprint density at radius 1 is 1.17 bits per heavy atom. The summed E-state index contributed by atoms with van der Waals surface area (Å²) in [5.74, 6) is -0.559. The summed E-state index contributed by atoms with van der Waals surface area (Å²) in [6.07, 6.45) is 4.37. The van der Waals surface area contributed by atoms with Crippen LogP contribution >= 0.6 is 0 Å². The van der Waals surface area contributed by atoms with E-state index in [4.69, 9.17) is 4.74 Å². The molecule has 0 spiro atoms. The van der Waals surface area contributed by atoms with Gasteiger partial charge in [-0.1, -0.05) is 62.9 Å². The molecule has 0 aliphatic heterocycles. The standard InChI is InChI=1S/C15H22O3/c1-2-3-4-5-9-12-18-15(17)14(16)13-10-7-6-8-11-13/h6-8,10-11,14,16H,2-5,9,12H2,1H3. The van der Waals surface area contributed by atoms with E-state index in [2.05, 4.69) is 6.92 Å². The minimum atomic E-state index is -1.16. The van der Waals surface area contributed by atoms with Crippen LogP contribution < -0.4 is 0 Å². The Balaban J connectivity index is 2.20. The van der Waals surface area contributed by atoms with Gasteiger partial charge in [0.05, 0.1) is 6.61 Å². The van der Waals surface area contributed by atoms with Crippen molar-refractivity contribution in [1.29, 1.82) is 0 Å². The highest BCUT2D eigenvalue weighted by Crippen LogP contribution is 2.14. The topological polar surface area (TPSA) is 46.5 Å². The molecule has 0 bridgehead atoms. The second-order valence-corrected chi connectivity index (χ2v) is 4.39. The summed E-state index contributed by atoms with van der Waals surface area (Å²) in [5, 5.41) is 9.76. The molecule has 1 N–H and O–H groups in total. The first kappa shape index (κ1) is 14.7. The fraction of sp³-hybridized carbons (Fsp3) is 0.533. The molecule has 0 aliphatic rings. The number of hydrogen-bond donors (Lipinski definition) is 1. The van der Waals surface area contributed by atoms with Crippen LogP contribution in [0, 0.1) is 0 Å². The summed E-state index contributed by atoms with van der Waals surface area (Å²) in [5.41, 5.74) is 0.577. The molecule has 3 heteroatoms. The van der Waals surface area contributed by atoms with E-state index < -0.39 is 12.1 Å². The average Bonchev–Trinajstić information content (AvgIpc) is 2.42. The van der Waals surface area contributed by atoms with Crippen LogP contribution in [0.3, 0.4) is 0 Å². The zero-order valence-electron chi connectivity index (χ0n) is 11.0. The van der Waals surface area contributed by atoms with Gasteiger partial charge in [0, 0.05) is 0 Å². The molecule has 1 rings (SSSR count). The molecule has 3 nitrogen and oxygen atoms in total. The summed E-state index contributed by atoms with van der Waals surface area (Å²) >= 11 is 0. The molecule has 18 heavy (non-hydrogen) atoms. The van der Waals surface area contributed by atoms with Crippen molar-refractivity contribution in [2.45, 2.75) is 45.1 Å². The van der Waals surface area contributed by atoms with E-state index in [1.807, 2.05) is 6.07 Å². The third kappa shape index (κ3) is 5.32. The second-order valence-electron chi connectivity index (χ2n) is 4.39. The third-order valence-corrected chi connectivity index (χ3v) is 2.83. The van der Waals surface area contributed by atoms with Crippen molar-refractivity contribution in [1.82, 2.24) is 0 Å². The lowest BCUT2D eigenvalue weighted by Gasteiger charge is -2.10. The number of benzene rings is 1. The molecule has 1 atom stereocenters. The summed E-state index contributed by atoms with van der Waals surface area (Å²) in [6, 6.07) is 8.85. The number of hydrogen-bond acceptors (Lipinski definition) is 3. The van der Waals surface area contributed by atoms with Crippen LogP contribution in [-0.4, -0.2) is 17.7 Å². The van der Waals surface area contributed by atoms with Gasteiger partial charge in [0.25, 0.3) is 0 Å². The third-order valence-electron chi connectivity index (χ3n) is 2.83. The predicted octanol–water partition coefficient (Wildman–Crippen LogP) is 3.23. The van der Waals surface area contributed by atoms with Gasteiger partial charge in [0.15, 0.2) is 6.10 Å². The van der Waals surface area contributed by atoms with Gasteiger partial charge in [-0.05, 0) is 12.0 Å². The van der Waals surface area contributed by atoms with Gasteiger partial charge in [-0.25, -0.2) is 4.79 Å². The number of esters is 1. The lowest BCUT2D eigenvalue weighted by atomic mass is 10.1. The molecule has 1 unspecified atom stereocenters. The maximum atomic E-state index is 11.6. The zero-order chi connectivity index (χ0) is 13.2. The molecule has 1 aromatic carbocycles. The normalized spacial score (nSPS) is 12.1. The molecule has 0 fully saturated rings. The van der Waals surface area contributed by atoms with Crippen molar-refractivity contribution in [3.05, 3.63) is 35.9 Å². The Hall–Kier alpha value is -1.35. The zero-order valence-corrected chi connectivity index (χ0v) is 11.0. The number of carbonyl (C=O) groups excluding carboxylic acids is 1. The van der Waals surface area contributed by atoms with Crippen molar-refractivity contribution in [3.63, 3.8) is 0 Å². The monoisotopic (exact) mass is 250 g/mol. The van der Waals surface area contributed by atoms with E-state index in [9.17, 15) is 9.90 Å². The van der Waals surface area contributed by atoms with Crippen LogP contribution in [0.1, 0.15) is 50.7 Å². The maximum absolute atomic E-state index is 11.6. The van der Waals surface area contributed by atoms with Crippen LogP contribution in [-0.2, 0) is 9.53 Å². The summed E-state index contributed by atoms with van der Waals surface area (Å²) in [6.45, 7) is 2.56. The van der Waals surface area contributed by atoms with Crippen molar-refractivity contribution < 1.29 is 14.6 Å². The molecule has 0 radical (unpaired) electrons. The van der Waals surface area contributed by atoms with Crippen molar-refractivity contribution in [2.75, 3.05) is 6.61 Å².